The minimum absolute atomic E-state index is 0.0763. The molecule has 3 rings (SSSR count). The zero-order valence-electron chi connectivity index (χ0n) is 13.3. The minimum Gasteiger partial charge on any atom is -0.478 e. The van der Waals surface area contributed by atoms with Gasteiger partial charge >= 0.3 is 5.97 Å². The number of hydrogen-bond acceptors (Lipinski definition) is 4. The van der Waals surface area contributed by atoms with Gasteiger partial charge in [-0.1, -0.05) is 5.92 Å². The first-order valence-corrected chi connectivity index (χ1v) is 8.23. The quantitative estimate of drug-likeness (QED) is 0.805. The highest BCUT2D eigenvalue weighted by Gasteiger charge is 2.31. The number of fused-ring (bicyclic) bond motifs is 1. The van der Waals surface area contributed by atoms with Crippen LogP contribution in [0.1, 0.15) is 52.2 Å². The molecule has 5 heteroatoms. The van der Waals surface area contributed by atoms with Crippen molar-refractivity contribution in [1.29, 1.82) is 0 Å². The van der Waals surface area contributed by atoms with Crippen LogP contribution in [0.25, 0.3) is 0 Å². The summed E-state index contributed by atoms with van der Waals surface area (Å²) in [6.45, 7) is 4.14. The monoisotopic (exact) mass is 337 g/mol. The number of carboxylic acids is 1. The Hall–Kier alpha value is -2.58. The van der Waals surface area contributed by atoms with Crippen molar-refractivity contribution >= 4 is 23.5 Å². The fourth-order valence-corrected chi connectivity index (χ4v) is 3.68. The van der Waals surface area contributed by atoms with Gasteiger partial charge in [0.15, 0.2) is 5.78 Å². The summed E-state index contributed by atoms with van der Waals surface area (Å²) in [5, 5.41) is 8.85. The van der Waals surface area contributed by atoms with Crippen molar-refractivity contribution in [3.63, 3.8) is 0 Å². The van der Waals surface area contributed by atoms with Gasteiger partial charge in [0.25, 0.3) is 0 Å². The number of aromatic nitrogens is 1. The molecule has 4 nitrogen and oxygen atoms in total. The van der Waals surface area contributed by atoms with Crippen LogP contribution in [0, 0.1) is 11.8 Å². The molecule has 2 aromatic rings. The smallest absolute Gasteiger partial charge is 0.337 e. The first-order valence-electron chi connectivity index (χ1n) is 7.42. The number of carbonyl (C=O) groups excluding carboxylic acids is 1. The summed E-state index contributed by atoms with van der Waals surface area (Å²) in [5.74, 6) is 4.99. The molecule has 0 radical (unpaired) electrons. The second-order valence-electron chi connectivity index (χ2n) is 6.16. The van der Waals surface area contributed by atoms with Crippen LogP contribution >= 0.6 is 11.8 Å². The molecule has 0 bridgehead atoms. The summed E-state index contributed by atoms with van der Waals surface area (Å²) in [6.07, 6.45) is 1.79. The molecular formula is C19H15NO3S. The van der Waals surface area contributed by atoms with E-state index in [2.05, 4.69) is 30.7 Å². The Labute approximate surface area is 144 Å². The third kappa shape index (κ3) is 3.50. The number of nitrogens with zero attached hydrogens (tertiary/aromatic N) is 1. The topological polar surface area (TPSA) is 67.3 Å². The predicted octanol–water partition coefficient (Wildman–Crippen LogP) is 3.64. The molecule has 0 aliphatic carbocycles. The van der Waals surface area contributed by atoms with Gasteiger partial charge in [-0.05, 0) is 50.1 Å². The molecule has 24 heavy (non-hydrogen) atoms. The Balaban J connectivity index is 1.86. The Bertz CT molecular complexity index is 889. The van der Waals surface area contributed by atoms with E-state index in [-0.39, 0.29) is 16.1 Å². The normalized spacial score (nSPS) is 15.2. The van der Waals surface area contributed by atoms with Crippen molar-refractivity contribution in [2.75, 3.05) is 0 Å². The number of ketones is 1. The van der Waals surface area contributed by atoms with E-state index in [1.165, 1.54) is 12.3 Å². The lowest BCUT2D eigenvalue weighted by Crippen LogP contribution is -2.25. The van der Waals surface area contributed by atoms with E-state index in [1.807, 2.05) is 18.2 Å². The van der Waals surface area contributed by atoms with Crippen LogP contribution in [0.4, 0.5) is 0 Å². The first-order chi connectivity index (χ1) is 11.3. The van der Waals surface area contributed by atoms with Gasteiger partial charge in [0.05, 0.1) is 5.56 Å². The summed E-state index contributed by atoms with van der Waals surface area (Å²) in [4.78, 5) is 28.1. The fourth-order valence-electron chi connectivity index (χ4n) is 2.46. The summed E-state index contributed by atoms with van der Waals surface area (Å²) >= 11 is 1.71. The number of pyridine rings is 1. The van der Waals surface area contributed by atoms with E-state index in [1.54, 1.807) is 17.8 Å². The molecule has 0 unspecified atom stereocenters. The van der Waals surface area contributed by atoms with Crippen LogP contribution in [-0.4, -0.2) is 26.6 Å². The number of thioether (sulfide) groups is 1. The van der Waals surface area contributed by atoms with Crippen LogP contribution in [0.15, 0.2) is 41.4 Å². The van der Waals surface area contributed by atoms with E-state index in [0.29, 0.717) is 12.1 Å². The van der Waals surface area contributed by atoms with Gasteiger partial charge < -0.3 is 5.11 Å². The first kappa shape index (κ1) is 16.3. The maximum absolute atomic E-state index is 12.3. The van der Waals surface area contributed by atoms with Crippen molar-refractivity contribution in [3.05, 3.63) is 58.9 Å². The van der Waals surface area contributed by atoms with Crippen molar-refractivity contribution in [3.8, 4) is 11.8 Å². The van der Waals surface area contributed by atoms with Gasteiger partial charge in [0.2, 0.25) is 0 Å². The summed E-state index contributed by atoms with van der Waals surface area (Å²) < 4.78 is -0.0763. The average molecular weight is 337 g/mol. The predicted molar refractivity (Wildman–Crippen MR) is 92.5 cm³/mol. The van der Waals surface area contributed by atoms with Crippen molar-refractivity contribution < 1.29 is 14.7 Å². The van der Waals surface area contributed by atoms with Gasteiger partial charge in [0, 0.05) is 33.4 Å². The summed E-state index contributed by atoms with van der Waals surface area (Å²) in [7, 11) is 0. The van der Waals surface area contributed by atoms with E-state index < -0.39 is 5.97 Å². The number of carboxylic acid groups (broad SMARTS) is 1. The Kier molecular flexibility index (Phi) is 4.16. The van der Waals surface area contributed by atoms with Crippen LogP contribution in [-0.2, 0) is 0 Å². The second kappa shape index (κ2) is 6.14. The van der Waals surface area contributed by atoms with Gasteiger partial charge in [0.1, 0.15) is 5.69 Å². The highest BCUT2D eigenvalue weighted by molar-refractivity contribution is 8.00. The molecule has 1 aromatic heterocycles. The number of benzene rings is 1. The molecule has 0 spiro atoms. The maximum atomic E-state index is 12.3. The van der Waals surface area contributed by atoms with E-state index in [9.17, 15) is 9.59 Å². The Morgan fingerprint density at radius 2 is 2.04 bits per heavy atom. The van der Waals surface area contributed by atoms with Crippen LogP contribution in [0.3, 0.4) is 0 Å². The van der Waals surface area contributed by atoms with E-state index in [4.69, 9.17) is 5.11 Å². The number of hydrogen-bond donors (Lipinski definition) is 1. The highest BCUT2D eigenvalue weighted by atomic mass is 32.2. The lowest BCUT2D eigenvalue weighted by molar-refractivity contribution is 0.0696. The molecule has 1 N–H and O–H groups in total. The van der Waals surface area contributed by atoms with Crippen molar-refractivity contribution in [2.45, 2.75) is 29.9 Å². The minimum atomic E-state index is -1.02. The van der Waals surface area contributed by atoms with Gasteiger partial charge in [-0.25, -0.2) is 9.78 Å². The third-order valence-electron chi connectivity index (χ3n) is 3.60. The molecule has 0 atom stereocenters. The maximum Gasteiger partial charge on any atom is 0.337 e. The Morgan fingerprint density at radius 3 is 2.71 bits per heavy atom. The van der Waals surface area contributed by atoms with Crippen molar-refractivity contribution in [1.82, 2.24) is 4.98 Å². The molecule has 0 saturated heterocycles. The zero-order valence-corrected chi connectivity index (χ0v) is 14.1. The van der Waals surface area contributed by atoms with Gasteiger partial charge in [-0.15, -0.1) is 11.8 Å². The lowest BCUT2D eigenvalue weighted by atomic mass is 9.98. The molecule has 2 heterocycles. The molecular weight excluding hydrogens is 322 g/mol. The summed E-state index contributed by atoms with van der Waals surface area (Å²) in [5.41, 5.74) is 2.07. The molecule has 1 aliphatic heterocycles. The highest BCUT2D eigenvalue weighted by Crippen LogP contribution is 2.42. The number of rotatable bonds is 1. The zero-order chi connectivity index (χ0) is 17.3. The summed E-state index contributed by atoms with van der Waals surface area (Å²) in [6, 6.07) is 8.67. The molecule has 0 saturated carbocycles. The van der Waals surface area contributed by atoms with Crippen LogP contribution in [0.2, 0.25) is 0 Å². The molecule has 0 fully saturated rings. The van der Waals surface area contributed by atoms with Crippen LogP contribution < -0.4 is 0 Å². The van der Waals surface area contributed by atoms with E-state index in [0.717, 1.165) is 16.0 Å². The average Bonchev–Trinajstić information content (AvgIpc) is 2.52. The molecule has 1 aromatic carbocycles. The second-order valence-corrected chi connectivity index (χ2v) is 7.91. The fraction of sp³-hybridized carbons (Fsp3) is 0.211. The number of carbonyl (C=O) groups is 2. The van der Waals surface area contributed by atoms with E-state index >= 15 is 0 Å². The molecule has 1 aliphatic rings. The van der Waals surface area contributed by atoms with Gasteiger partial charge in [-0.3, -0.25) is 4.79 Å². The Morgan fingerprint density at radius 1 is 1.25 bits per heavy atom. The third-order valence-corrected chi connectivity index (χ3v) is 4.87. The number of Topliss-reactive ketones (excluding diaryl/α,β-unsaturated/α-hetero) is 1. The molecule has 0 amide bonds. The molecule has 120 valence electrons. The number of aromatic carboxylic acids is 1. The van der Waals surface area contributed by atoms with Crippen LogP contribution in [0.5, 0.6) is 0 Å². The van der Waals surface area contributed by atoms with Crippen molar-refractivity contribution in [2.24, 2.45) is 0 Å². The lowest BCUT2D eigenvalue weighted by Gasteiger charge is -2.29. The van der Waals surface area contributed by atoms with Gasteiger partial charge in [-0.2, -0.15) is 0 Å². The SMILES string of the molecule is CC1(C)CC(=O)c2cc(C#Cc3ccc(C(=O)O)cn3)ccc2S1. The largest absolute Gasteiger partial charge is 0.478 e. The standard InChI is InChI=1S/C19H15NO3S/c1-19(2)10-16(21)15-9-12(4-8-17(15)24-19)3-6-14-7-5-13(11-20-14)18(22)23/h4-5,7-9,11H,10H2,1-2H3,(H,22,23).